The molecule has 2 rings (SSSR count). The number of aryl methyl sites for hydroxylation is 1. The molecule has 1 N–H and O–H groups in total. The summed E-state index contributed by atoms with van der Waals surface area (Å²) in [6.07, 6.45) is 0.480. The molecule has 1 aliphatic rings. The fraction of sp³-hybridized carbons (Fsp3) is 0.529. The Morgan fingerprint density at radius 1 is 1.09 bits per heavy atom. The number of carbonyl (C=O) groups is 2. The first-order valence-corrected chi connectivity index (χ1v) is 7.82. The molecule has 1 heterocycles. The molecule has 0 aliphatic carbocycles. The molecule has 2 amide bonds. The molecule has 0 saturated carbocycles. The van der Waals surface area contributed by atoms with Gasteiger partial charge in [0.1, 0.15) is 0 Å². The maximum atomic E-state index is 12.2. The van der Waals surface area contributed by atoms with E-state index in [0.717, 1.165) is 5.69 Å². The number of anilines is 1. The number of piperazine rings is 1. The second-order valence-corrected chi connectivity index (χ2v) is 5.81. The second kappa shape index (κ2) is 7.29. The molecule has 0 unspecified atom stereocenters. The van der Waals surface area contributed by atoms with Crippen LogP contribution in [0.2, 0.25) is 0 Å². The van der Waals surface area contributed by atoms with Gasteiger partial charge in [0.15, 0.2) is 0 Å². The summed E-state index contributed by atoms with van der Waals surface area (Å²) in [5.74, 6) is 0.240. The number of amides is 2. The zero-order valence-corrected chi connectivity index (χ0v) is 13.7. The molecule has 1 aliphatic heterocycles. The topological polar surface area (TPSA) is 52.7 Å². The molecule has 22 heavy (non-hydrogen) atoms. The van der Waals surface area contributed by atoms with Crippen molar-refractivity contribution in [3.05, 3.63) is 29.3 Å². The van der Waals surface area contributed by atoms with Gasteiger partial charge in [-0.25, -0.2) is 0 Å². The van der Waals surface area contributed by atoms with Crippen LogP contribution in [-0.2, 0) is 9.59 Å². The first kappa shape index (κ1) is 16.3. The third-order valence-electron chi connectivity index (χ3n) is 4.34. The highest BCUT2D eigenvalue weighted by Crippen LogP contribution is 2.17. The molecule has 0 bridgehead atoms. The number of hydrogen-bond acceptors (Lipinski definition) is 3. The largest absolute Gasteiger partial charge is 0.384 e. The number of hydrogen-bond donors (Lipinski definition) is 1. The van der Waals surface area contributed by atoms with E-state index in [0.29, 0.717) is 39.1 Å². The molecule has 5 nitrogen and oxygen atoms in total. The molecular weight excluding hydrogens is 278 g/mol. The quantitative estimate of drug-likeness (QED) is 0.923. The lowest BCUT2D eigenvalue weighted by atomic mass is 10.1. The van der Waals surface area contributed by atoms with E-state index in [1.54, 1.807) is 11.8 Å². The van der Waals surface area contributed by atoms with Gasteiger partial charge < -0.3 is 15.1 Å². The van der Waals surface area contributed by atoms with Crippen LogP contribution in [0, 0.1) is 13.8 Å². The molecule has 5 heteroatoms. The maximum absolute atomic E-state index is 12.2. The Morgan fingerprint density at radius 3 is 2.36 bits per heavy atom. The molecule has 0 atom stereocenters. The van der Waals surface area contributed by atoms with E-state index in [1.807, 2.05) is 17.0 Å². The summed E-state index contributed by atoms with van der Waals surface area (Å²) in [4.78, 5) is 27.1. The number of nitrogens with one attached hydrogen (secondary N) is 1. The lowest BCUT2D eigenvalue weighted by molar-refractivity contribution is -0.138. The predicted molar refractivity (Wildman–Crippen MR) is 87.9 cm³/mol. The Balaban J connectivity index is 1.77. The van der Waals surface area contributed by atoms with Crippen LogP contribution in [0.1, 0.15) is 24.5 Å². The lowest BCUT2D eigenvalue weighted by Gasteiger charge is -2.34. The van der Waals surface area contributed by atoms with Gasteiger partial charge in [-0.1, -0.05) is 12.1 Å². The normalized spacial score (nSPS) is 14.9. The summed E-state index contributed by atoms with van der Waals surface area (Å²) in [7, 11) is 0. The van der Waals surface area contributed by atoms with Crippen molar-refractivity contribution in [1.82, 2.24) is 9.80 Å². The van der Waals surface area contributed by atoms with Gasteiger partial charge in [-0.2, -0.15) is 0 Å². The molecule has 1 aromatic rings. The summed E-state index contributed by atoms with van der Waals surface area (Å²) in [5, 5.41) is 3.34. The molecule has 1 saturated heterocycles. The van der Waals surface area contributed by atoms with Gasteiger partial charge >= 0.3 is 0 Å². The number of benzene rings is 1. The van der Waals surface area contributed by atoms with Crippen molar-refractivity contribution in [3.8, 4) is 0 Å². The Labute approximate surface area is 132 Å². The summed E-state index contributed by atoms with van der Waals surface area (Å²) in [6.45, 7) is 8.95. The van der Waals surface area contributed by atoms with Crippen molar-refractivity contribution >= 4 is 17.5 Å². The summed E-state index contributed by atoms with van der Waals surface area (Å²) in [6, 6.07) is 6.14. The van der Waals surface area contributed by atoms with E-state index >= 15 is 0 Å². The third kappa shape index (κ3) is 4.00. The zero-order chi connectivity index (χ0) is 16.1. The van der Waals surface area contributed by atoms with Crippen LogP contribution in [0.3, 0.4) is 0 Å². The van der Waals surface area contributed by atoms with Crippen LogP contribution in [0.4, 0.5) is 5.69 Å². The first-order chi connectivity index (χ1) is 10.5. The van der Waals surface area contributed by atoms with Crippen LogP contribution in [-0.4, -0.2) is 54.3 Å². The average Bonchev–Trinajstić information content (AvgIpc) is 2.51. The zero-order valence-electron chi connectivity index (χ0n) is 13.7. The van der Waals surface area contributed by atoms with Crippen molar-refractivity contribution in [2.24, 2.45) is 0 Å². The summed E-state index contributed by atoms with van der Waals surface area (Å²) >= 11 is 0. The molecule has 0 radical (unpaired) electrons. The van der Waals surface area contributed by atoms with Gasteiger partial charge in [-0.05, 0) is 31.0 Å². The Kier molecular flexibility index (Phi) is 5.41. The van der Waals surface area contributed by atoms with Crippen molar-refractivity contribution in [2.45, 2.75) is 27.2 Å². The van der Waals surface area contributed by atoms with Crippen LogP contribution in [0.15, 0.2) is 18.2 Å². The lowest BCUT2D eigenvalue weighted by Crippen LogP contribution is -2.50. The van der Waals surface area contributed by atoms with Crippen molar-refractivity contribution in [1.29, 1.82) is 0 Å². The molecule has 1 aromatic carbocycles. The van der Waals surface area contributed by atoms with Gasteiger partial charge in [0.05, 0.1) is 0 Å². The summed E-state index contributed by atoms with van der Waals surface area (Å²) in [5.41, 5.74) is 3.57. The highest BCUT2D eigenvalue weighted by Gasteiger charge is 2.21. The van der Waals surface area contributed by atoms with Gasteiger partial charge in [0, 0.05) is 51.8 Å². The standard InChI is InChI=1S/C17H25N3O2/c1-13-5-4-6-16(14(13)2)18-8-7-17(22)20-11-9-19(10-12-20)15(3)21/h4-6,18H,7-12H2,1-3H3. The van der Waals surface area contributed by atoms with E-state index in [4.69, 9.17) is 0 Å². The first-order valence-electron chi connectivity index (χ1n) is 7.82. The highest BCUT2D eigenvalue weighted by molar-refractivity contribution is 5.78. The molecule has 0 aromatic heterocycles. The fourth-order valence-corrected chi connectivity index (χ4v) is 2.68. The molecular formula is C17H25N3O2. The number of rotatable bonds is 4. The molecule has 0 spiro atoms. The minimum atomic E-state index is 0.0867. The van der Waals surface area contributed by atoms with Crippen molar-refractivity contribution in [2.75, 3.05) is 38.0 Å². The van der Waals surface area contributed by atoms with E-state index in [-0.39, 0.29) is 11.8 Å². The van der Waals surface area contributed by atoms with Crippen molar-refractivity contribution < 1.29 is 9.59 Å². The highest BCUT2D eigenvalue weighted by atomic mass is 16.2. The van der Waals surface area contributed by atoms with Crippen LogP contribution in [0.25, 0.3) is 0 Å². The minimum absolute atomic E-state index is 0.0867. The second-order valence-electron chi connectivity index (χ2n) is 5.81. The molecule has 120 valence electrons. The number of nitrogens with zero attached hydrogens (tertiary/aromatic N) is 2. The van der Waals surface area contributed by atoms with Gasteiger partial charge in [-0.15, -0.1) is 0 Å². The van der Waals surface area contributed by atoms with E-state index in [2.05, 4.69) is 25.2 Å². The Morgan fingerprint density at radius 2 is 1.73 bits per heavy atom. The van der Waals surface area contributed by atoms with E-state index in [1.165, 1.54) is 11.1 Å². The third-order valence-corrected chi connectivity index (χ3v) is 4.34. The van der Waals surface area contributed by atoms with Crippen molar-refractivity contribution in [3.63, 3.8) is 0 Å². The average molecular weight is 303 g/mol. The van der Waals surface area contributed by atoms with Gasteiger partial charge in [0.25, 0.3) is 0 Å². The van der Waals surface area contributed by atoms with Gasteiger partial charge in [-0.3, -0.25) is 9.59 Å². The summed E-state index contributed by atoms with van der Waals surface area (Å²) < 4.78 is 0. The van der Waals surface area contributed by atoms with E-state index < -0.39 is 0 Å². The minimum Gasteiger partial charge on any atom is -0.384 e. The maximum Gasteiger partial charge on any atom is 0.224 e. The predicted octanol–water partition coefficient (Wildman–Crippen LogP) is 1.80. The smallest absolute Gasteiger partial charge is 0.224 e. The molecule has 1 fully saturated rings. The fourth-order valence-electron chi connectivity index (χ4n) is 2.68. The van der Waals surface area contributed by atoms with Crippen LogP contribution in [0.5, 0.6) is 0 Å². The van der Waals surface area contributed by atoms with Crippen LogP contribution >= 0.6 is 0 Å². The van der Waals surface area contributed by atoms with Gasteiger partial charge in [0.2, 0.25) is 11.8 Å². The monoisotopic (exact) mass is 303 g/mol. The Hall–Kier alpha value is -2.04. The SMILES string of the molecule is CC(=O)N1CCN(C(=O)CCNc2cccc(C)c2C)CC1. The number of carbonyl (C=O) groups excluding carboxylic acids is 2. The van der Waals surface area contributed by atoms with Crippen LogP contribution < -0.4 is 5.32 Å². The van der Waals surface area contributed by atoms with E-state index in [9.17, 15) is 9.59 Å². The Bertz CT molecular complexity index is 549.